The highest BCUT2D eigenvalue weighted by atomic mass is 19.4. The molecular formula is C27H29F3N4O4. The van der Waals surface area contributed by atoms with E-state index in [1.54, 1.807) is 18.5 Å². The van der Waals surface area contributed by atoms with Gasteiger partial charge in [0.2, 0.25) is 0 Å². The second kappa shape index (κ2) is 12.2. The Hall–Kier alpha value is -3.73. The van der Waals surface area contributed by atoms with Crippen molar-refractivity contribution in [2.45, 2.75) is 58.3 Å². The molecule has 0 saturated heterocycles. The number of halogens is 3. The average molecular weight is 531 g/mol. The summed E-state index contributed by atoms with van der Waals surface area (Å²) in [6.45, 7) is 4.22. The molecule has 8 nitrogen and oxygen atoms in total. The van der Waals surface area contributed by atoms with Crippen LogP contribution in [0.15, 0.2) is 42.7 Å². The summed E-state index contributed by atoms with van der Waals surface area (Å²) in [6, 6.07) is 9.56. The fraction of sp³-hybridized carbons (Fsp3) is 0.407. The van der Waals surface area contributed by atoms with Gasteiger partial charge in [0.1, 0.15) is 5.75 Å². The molecule has 0 bridgehead atoms. The average Bonchev–Trinajstić information content (AvgIpc) is 3.28. The van der Waals surface area contributed by atoms with Crippen LogP contribution in [0.1, 0.15) is 53.4 Å². The van der Waals surface area contributed by atoms with Crippen molar-refractivity contribution in [1.29, 1.82) is 0 Å². The Morgan fingerprint density at radius 2 is 1.89 bits per heavy atom. The van der Waals surface area contributed by atoms with Crippen molar-refractivity contribution in [3.05, 3.63) is 65.1 Å². The maximum Gasteiger partial charge on any atom is 0.491 e. The predicted molar refractivity (Wildman–Crippen MR) is 133 cm³/mol. The van der Waals surface area contributed by atoms with Gasteiger partial charge >= 0.3 is 18.1 Å². The first kappa shape index (κ1) is 27.3. The molecule has 2 heterocycles. The number of esters is 2. The quantitative estimate of drug-likeness (QED) is 0.219. The molecule has 38 heavy (non-hydrogen) atoms. The Bertz CT molecular complexity index is 1270. The molecule has 0 spiro atoms. The van der Waals surface area contributed by atoms with Gasteiger partial charge in [-0.15, -0.1) is 0 Å². The van der Waals surface area contributed by atoms with Gasteiger partial charge in [0, 0.05) is 36.6 Å². The molecule has 0 atom stereocenters. The molecule has 4 rings (SSSR count). The number of alkyl halides is 3. The first-order chi connectivity index (χ1) is 18.3. The molecule has 11 heteroatoms. The Balaban J connectivity index is 1.41. The van der Waals surface area contributed by atoms with Gasteiger partial charge in [0.05, 0.1) is 12.3 Å². The van der Waals surface area contributed by atoms with E-state index in [1.165, 1.54) is 4.68 Å². The molecule has 0 fully saturated rings. The highest BCUT2D eigenvalue weighted by Gasteiger charge is 2.43. The minimum Gasteiger partial charge on any atom is -0.494 e. The maximum absolute atomic E-state index is 12.7. The van der Waals surface area contributed by atoms with E-state index in [1.807, 2.05) is 24.3 Å². The lowest BCUT2D eigenvalue weighted by atomic mass is 9.90. The summed E-state index contributed by atoms with van der Waals surface area (Å²) in [5.74, 6) is -3.08. The topological polar surface area (TPSA) is 95.3 Å². The Morgan fingerprint density at radius 3 is 2.63 bits per heavy atom. The highest BCUT2D eigenvalue weighted by Crippen LogP contribution is 2.34. The van der Waals surface area contributed by atoms with E-state index in [4.69, 9.17) is 4.74 Å². The van der Waals surface area contributed by atoms with E-state index in [0.717, 1.165) is 35.3 Å². The van der Waals surface area contributed by atoms with Gasteiger partial charge in [-0.25, -0.2) is 9.59 Å². The number of hydrogen-bond donors (Lipinski definition) is 1. The molecule has 1 aromatic carbocycles. The molecule has 1 N–H and O–H groups in total. The zero-order valence-electron chi connectivity index (χ0n) is 21.0. The zero-order chi connectivity index (χ0) is 27.1. The fourth-order valence-electron chi connectivity index (χ4n) is 4.27. The second-order valence-corrected chi connectivity index (χ2v) is 8.98. The molecule has 202 valence electrons. The van der Waals surface area contributed by atoms with E-state index in [0.29, 0.717) is 50.2 Å². The number of carbonyl (C=O) groups is 2. The summed E-state index contributed by atoms with van der Waals surface area (Å²) in [5, 5.41) is 7.85. The van der Waals surface area contributed by atoms with Crippen molar-refractivity contribution in [1.82, 2.24) is 20.1 Å². The number of carbonyl (C=O) groups excluding carboxylic acids is 2. The predicted octanol–water partition coefficient (Wildman–Crippen LogP) is 4.65. The molecule has 1 aliphatic rings. The Labute approximate surface area is 218 Å². The van der Waals surface area contributed by atoms with Gasteiger partial charge in [-0.2, -0.15) is 18.3 Å². The Kier molecular flexibility index (Phi) is 8.77. The number of ether oxygens (including phenoxy) is 2. The van der Waals surface area contributed by atoms with Crippen molar-refractivity contribution in [2.24, 2.45) is 0 Å². The number of pyridine rings is 1. The number of unbranched alkanes of at least 4 members (excludes halogenated alkanes) is 1. The van der Waals surface area contributed by atoms with Crippen LogP contribution in [0.25, 0.3) is 11.3 Å². The normalized spacial score (nSPS) is 12.5. The number of benzene rings is 1. The molecule has 0 unspecified atom stereocenters. The van der Waals surface area contributed by atoms with Crippen LogP contribution in [-0.4, -0.2) is 46.0 Å². The largest absolute Gasteiger partial charge is 0.494 e. The van der Waals surface area contributed by atoms with Crippen molar-refractivity contribution < 1.29 is 32.2 Å². The smallest absolute Gasteiger partial charge is 0.491 e. The summed E-state index contributed by atoms with van der Waals surface area (Å²) < 4.78 is 49.4. The fourth-order valence-corrected chi connectivity index (χ4v) is 4.27. The number of aryl methyl sites for hydroxylation is 2. The second-order valence-electron chi connectivity index (χ2n) is 8.98. The number of aromatic nitrogens is 3. The van der Waals surface area contributed by atoms with E-state index >= 15 is 0 Å². The Morgan fingerprint density at radius 1 is 1.11 bits per heavy atom. The van der Waals surface area contributed by atoms with Crippen molar-refractivity contribution >= 4 is 11.9 Å². The lowest BCUT2D eigenvalue weighted by molar-refractivity contribution is -0.193. The summed E-state index contributed by atoms with van der Waals surface area (Å²) in [5.41, 5.74) is 3.60. The van der Waals surface area contributed by atoms with Crippen LogP contribution in [0.4, 0.5) is 13.2 Å². The summed E-state index contributed by atoms with van der Waals surface area (Å²) in [4.78, 5) is 28.2. The molecular weight excluding hydrogens is 501 g/mol. The van der Waals surface area contributed by atoms with Crippen molar-refractivity contribution in [3.8, 4) is 17.0 Å². The number of nitrogens with zero attached hydrogens (tertiary/aromatic N) is 3. The highest BCUT2D eigenvalue weighted by molar-refractivity contribution is 5.99. The lowest BCUT2D eigenvalue weighted by Crippen LogP contribution is -2.29. The van der Waals surface area contributed by atoms with E-state index in [2.05, 4.69) is 27.1 Å². The van der Waals surface area contributed by atoms with Crippen LogP contribution in [0.5, 0.6) is 5.75 Å². The van der Waals surface area contributed by atoms with Gasteiger partial charge in [-0.1, -0.05) is 25.5 Å². The number of nitrogens with one attached hydrogen (secondary N) is 1. The van der Waals surface area contributed by atoms with Gasteiger partial charge in [0.15, 0.2) is 5.69 Å². The van der Waals surface area contributed by atoms with Crippen molar-refractivity contribution in [3.63, 3.8) is 0 Å². The number of fused-ring (bicyclic) bond motifs is 3. The molecule has 0 amide bonds. The van der Waals surface area contributed by atoms with Crippen molar-refractivity contribution in [2.75, 3.05) is 13.2 Å². The first-order valence-electron chi connectivity index (χ1n) is 12.6. The lowest BCUT2D eigenvalue weighted by Gasteiger charge is -2.15. The summed E-state index contributed by atoms with van der Waals surface area (Å²) in [7, 11) is 0. The molecule has 0 saturated carbocycles. The molecule has 3 aromatic rings. The standard InChI is InChI=1S/C27H29F3N4O4/c1-2-3-15-37-20-8-5-18(6-9-20)16-31-12-4-14-34-24(25(35)38-26(36)27(28,29)30)22-10-7-19-17-32-13-11-21(19)23(22)33-34/h5-6,8-9,11,13,17,31H,2-4,7,10,12,14-16H2,1H3. The van der Waals surface area contributed by atoms with Gasteiger partial charge in [0.25, 0.3) is 0 Å². The molecule has 0 aliphatic heterocycles. The van der Waals surface area contributed by atoms with E-state index in [-0.39, 0.29) is 12.2 Å². The third kappa shape index (κ3) is 6.58. The number of rotatable bonds is 11. The minimum absolute atomic E-state index is 0.126. The SMILES string of the molecule is CCCCOc1ccc(CNCCCn2nc3c(c2C(=O)OC(=O)C(F)(F)F)CCc2cnccc2-3)cc1. The molecule has 0 radical (unpaired) electrons. The van der Waals surface area contributed by atoms with Gasteiger partial charge in [-0.3, -0.25) is 9.67 Å². The van der Waals surface area contributed by atoms with E-state index in [9.17, 15) is 22.8 Å². The van der Waals surface area contributed by atoms with Crippen LogP contribution in [0, 0.1) is 0 Å². The monoisotopic (exact) mass is 530 g/mol. The number of hydrogen-bond acceptors (Lipinski definition) is 7. The van der Waals surface area contributed by atoms with Crippen LogP contribution < -0.4 is 10.1 Å². The molecule has 2 aromatic heterocycles. The van der Waals surface area contributed by atoms with E-state index < -0.39 is 18.1 Å². The minimum atomic E-state index is -5.28. The third-order valence-electron chi connectivity index (χ3n) is 6.21. The zero-order valence-corrected chi connectivity index (χ0v) is 21.0. The van der Waals surface area contributed by atoms with Crippen LogP contribution in [0.3, 0.4) is 0 Å². The van der Waals surface area contributed by atoms with Crippen LogP contribution >= 0.6 is 0 Å². The maximum atomic E-state index is 12.7. The van der Waals surface area contributed by atoms with Crippen LogP contribution in [-0.2, 0) is 35.5 Å². The summed E-state index contributed by atoms with van der Waals surface area (Å²) >= 11 is 0. The van der Waals surface area contributed by atoms with Gasteiger partial charge < -0.3 is 14.8 Å². The first-order valence-corrected chi connectivity index (χ1v) is 12.6. The van der Waals surface area contributed by atoms with Crippen LogP contribution in [0.2, 0.25) is 0 Å². The third-order valence-corrected chi connectivity index (χ3v) is 6.21. The molecule has 1 aliphatic carbocycles. The van der Waals surface area contributed by atoms with Gasteiger partial charge in [-0.05, 0) is 61.6 Å². The summed E-state index contributed by atoms with van der Waals surface area (Å²) in [6.07, 6.45) is 1.54.